The molecule has 20 aromatic carbocycles. The molecule has 0 N–H and O–H groups in total. The van der Waals surface area contributed by atoms with Crippen LogP contribution in [0, 0.1) is 0 Å². The van der Waals surface area contributed by atoms with Crippen LogP contribution in [0.4, 0.5) is 0 Å². The molecule has 0 aliphatic carbocycles. The highest BCUT2D eigenvalue weighted by atomic mass is 15.1. The van der Waals surface area contributed by atoms with Gasteiger partial charge >= 0.3 is 0 Å². The van der Waals surface area contributed by atoms with Crippen LogP contribution < -0.4 is 0 Å². The summed E-state index contributed by atoms with van der Waals surface area (Å²) in [5, 5.41) is 41.1. The van der Waals surface area contributed by atoms with Crippen molar-refractivity contribution in [2.24, 2.45) is 0 Å². The van der Waals surface area contributed by atoms with Crippen LogP contribution in [0.2, 0.25) is 0 Å². The third-order valence-corrected chi connectivity index (χ3v) is 25.7. The van der Waals surface area contributed by atoms with Crippen molar-refractivity contribution in [1.29, 1.82) is 0 Å². The molecule has 0 spiro atoms. The van der Waals surface area contributed by atoms with E-state index < -0.39 is 0 Å². The van der Waals surface area contributed by atoms with Gasteiger partial charge in [0.25, 0.3) is 0 Å². The smallest absolute Gasteiger partial charge is 0.137 e. The van der Waals surface area contributed by atoms with E-state index in [1.807, 2.05) is 49.4 Å². The molecule has 0 aliphatic rings. The van der Waals surface area contributed by atoms with Gasteiger partial charge in [-0.2, -0.15) is 0 Å². The highest BCUT2D eigenvalue weighted by molar-refractivity contribution is 6.39. The number of fused-ring (bicyclic) bond motifs is 39. The highest BCUT2D eigenvalue weighted by Gasteiger charge is 2.26. The summed E-state index contributed by atoms with van der Waals surface area (Å²) in [6, 6.07) is 142. The molecule has 28 rings (SSSR count). The van der Waals surface area contributed by atoms with Gasteiger partial charge in [-0.1, -0.05) is 322 Å². The minimum absolute atomic E-state index is 0.943. The van der Waals surface area contributed by atoms with Crippen LogP contribution in [0.15, 0.2) is 438 Å². The Hall–Kier alpha value is -16.7. The molecule has 0 saturated carbocycles. The lowest BCUT2D eigenvalue weighted by atomic mass is 9.95. The third kappa shape index (κ3) is 10.8. The molecule has 0 fully saturated rings. The number of hydrogen-bond acceptors (Lipinski definition) is 4. The predicted octanol–water partition coefficient (Wildman–Crippen LogP) is 30.6. The summed E-state index contributed by atoms with van der Waals surface area (Å²) in [4.78, 5) is 17.6. The second-order valence-electron chi connectivity index (χ2n) is 32.2. The lowest BCUT2D eigenvalue weighted by molar-refractivity contribution is 1.08. The van der Waals surface area contributed by atoms with Gasteiger partial charge in [-0.25, -0.2) is 4.98 Å². The van der Waals surface area contributed by atoms with Crippen LogP contribution in [-0.4, -0.2) is 38.2 Å². The fourth-order valence-corrected chi connectivity index (χ4v) is 20.7. The lowest BCUT2D eigenvalue weighted by Gasteiger charge is -2.12. The standard InChI is InChI=1S/4C29H18N2/c1-2-10-20-19(9-1)16-17-25-27(20)28-23-13-5-3-11-21(23)22-12-4-6-14-24(22)29(28)31(25)26-15-7-8-18-30-26;1-2-8-20-18-27-26(17-19(20)7-1)28-24-11-5-3-9-22(24)23-10-4-6-12-25(23)29(28)31(27)21-13-15-30-16-14-21;1-2-8-21-19(7-1)13-14-26-27-24-11-5-3-9-22(24)23-10-4-6-12-25(23)29(27)31(28(21)26)20-15-17-30-18-16-20;1-2-8-21-19(7-1)13-14-26-27(21)28-24-11-5-3-9-22(24)23-10-4-6-12-25(23)29(28)31(26)20-15-17-30-18-16-20/h4*1-18H. The lowest BCUT2D eigenvalue weighted by Crippen LogP contribution is -1.97. The Bertz CT molecular complexity index is 8810. The largest absolute Gasteiger partial charge is 0.308 e. The summed E-state index contributed by atoms with van der Waals surface area (Å²) < 4.78 is 9.59. The molecular formula is C116H72N8. The van der Waals surface area contributed by atoms with E-state index in [4.69, 9.17) is 4.98 Å². The summed E-state index contributed by atoms with van der Waals surface area (Å²) in [6.07, 6.45) is 13.1. The van der Waals surface area contributed by atoms with Gasteiger partial charge in [-0.15, -0.1) is 0 Å². The number of hydrogen-bond donors (Lipinski definition) is 0. The van der Waals surface area contributed by atoms with Crippen LogP contribution in [0.3, 0.4) is 0 Å². The van der Waals surface area contributed by atoms with Crippen molar-refractivity contribution >= 4 is 216 Å². The van der Waals surface area contributed by atoms with Gasteiger partial charge in [-0.3, -0.25) is 19.5 Å². The third-order valence-electron chi connectivity index (χ3n) is 25.7. The van der Waals surface area contributed by atoms with Crippen LogP contribution in [0.1, 0.15) is 0 Å². The van der Waals surface area contributed by atoms with Crippen molar-refractivity contribution < 1.29 is 0 Å². The van der Waals surface area contributed by atoms with Crippen molar-refractivity contribution in [3.8, 4) is 22.9 Å². The molecule has 0 radical (unpaired) electrons. The average molecular weight is 1580 g/mol. The zero-order chi connectivity index (χ0) is 81.5. The number of benzene rings is 20. The van der Waals surface area contributed by atoms with Gasteiger partial charge in [0.05, 0.1) is 44.1 Å². The quantitative estimate of drug-likeness (QED) is 0.165. The zero-order valence-corrected chi connectivity index (χ0v) is 67.1. The fraction of sp³-hybridized carbons (Fsp3) is 0. The highest BCUT2D eigenvalue weighted by Crippen LogP contribution is 2.50. The van der Waals surface area contributed by atoms with Gasteiger partial charge < -0.3 is 13.7 Å². The second kappa shape index (κ2) is 28.5. The molecule has 28 aromatic rings. The van der Waals surface area contributed by atoms with E-state index in [0.29, 0.717) is 0 Å². The molecule has 8 heterocycles. The van der Waals surface area contributed by atoms with Crippen molar-refractivity contribution in [2.45, 2.75) is 0 Å². The average Bonchev–Trinajstić information content (AvgIpc) is 1.57. The second-order valence-corrected chi connectivity index (χ2v) is 32.2. The molecule has 8 aromatic heterocycles. The number of nitrogens with zero attached hydrogens (tertiary/aromatic N) is 8. The Morgan fingerprint density at radius 3 is 0.863 bits per heavy atom. The van der Waals surface area contributed by atoms with E-state index in [9.17, 15) is 0 Å². The van der Waals surface area contributed by atoms with Crippen molar-refractivity contribution in [3.63, 3.8) is 0 Å². The minimum atomic E-state index is 0.943. The number of rotatable bonds is 4. The van der Waals surface area contributed by atoms with Crippen LogP contribution in [0.25, 0.3) is 239 Å². The van der Waals surface area contributed by atoms with Gasteiger partial charge in [-0.05, 0) is 175 Å². The van der Waals surface area contributed by atoms with Crippen molar-refractivity contribution in [1.82, 2.24) is 38.2 Å². The van der Waals surface area contributed by atoms with E-state index in [-0.39, 0.29) is 0 Å². The monoisotopic (exact) mass is 1580 g/mol. The maximum atomic E-state index is 4.75. The molecular weight excluding hydrogens is 1510 g/mol. The first kappa shape index (κ1) is 70.3. The van der Waals surface area contributed by atoms with E-state index in [0.717, 1.165) is 22.9 Å². The van der Waals surface area contributed by atoms with Gasteiger partial charge in [0.1, 0.15) is 5.82 Å². The molecule has 124 heavy (non-hydrogen) atoms. The molecule has 576 valence electrons. The van der Waals surface area contributed by atoms with E-state index in [1.54, 1.807) is 0 Å². The summed E-state index contributed by atoms with van der Waals surface area (Å²) in [5.74, 6) is 0.943. The maximum absolute atomic E-state index is 4.75. The van der Waals surface area contributed by atoms with Gasteiger partial charge in [0.2, 0.25) is 0 Å². The van der Waals surface area contributed by atoms with Crippen LogP contribution >= 0.6 is 0 Å². The Morgan fingerprint density at radius 1 is 0.145 bits per heavy atom. The summed E-state index contributed by atoms with van der Waals surface area (Å²) >= 11 is 0. The van der Waals surface area contributed by atoms with Gasteiger partial charge in [0, 0.05) is 130 Å². The summed E-state index contributed by atoms with van der Waals surface area (Å²) in [7, 11) is 0. The first-order valence-corrected chi connectivity index (χ1v) is 42.3. The molecule has 0 unspecified atom stereocenters. The first-order chi connectivity index (χ1) is 61.6. The Morgan fingerprint density at radius 2 is 0.435 bits per heavy atom. The number of aromatic nitrogens is 8. The van der Waals surface area contributed by atoms with Crippen LogP contribution in [-0.2, 0) is 0 Å². The summed E-state index contributed by atoms with van der Waals surface area (Å²) in [6.45, 7) is 0. The van der Waals surface area contributed by atoms with E-state index in [2.05, 4.69) is 421 Å². The van der Waals surface area contributed by atoms with Gasteiger partial charge in [0.15, 0.2) is 0 Å². The normalized spacial score (nSPS) is 11.9. The first-order valence-electron chi connectivity index (χ1n) is 42.3. The SMILES string of the molecule is c1ccc(-n2c3ccc4ccccc4c3c3c4ccccc4c4ccccc4c32)nc1.c1ccc2c(c1)ccc1c2c2c3ccccc3c3ccccc3c2n1-c1ccncc1.c1ccc2c(c1)ccc1c3c4ccccc4c4ccccc4c3n(-c3ccncc3)c21.c1ccc2cc3c(cc2c1)c1c2ccccc2c2ccccc2c1n3-c1ccncc1. The summed E-state index contributed by atoms with van der Waals surface area (Å²) in [5.41, 5.74) is 13.3. The minimum Gasteiger partial charge on any atom is -0.308 e. The predicted molar refractivity (Wildman–Crippen MR) is 524 cm³/mol. The maximum Gasteiger partial charge on any atom is 0.137 e. The van der Waals surface area contributed by atoms with E-state index >= 15 is 0 Å². The Labute approximate surface area is 710 Å². The van der Waals surface area contributed by atoms with Crippen molar-refractivity contribution in [3.05, 3.63) is 438 Å². The van der Waals surface area contributed by atoms with Crippen molar-refractivity contribution in [2.75, 3.05) is 0 Å². The number of pyridine rings is 4. The topological polar surface area (TPSA) is 71.3 Å². The fourth-order valence-electron chi connectivity index (χ4n) is 20.7. The molecule has 0 atom stereocenters. The Kier molecular flexibility index (Phi) is 16.2. The van der Waals surface area contributed by atoms with E-state index in [1.165, 1.54) is 216 Å². The Balaban J connectivity index is 0.0000000906. The zero-order valence-electron chi connectivity index (χ0n) is 67.1. The molecule has 0 bridgehead atoms. The molecule has 0 saturated heterocycles. The van der Waals surface area contributed by atoms with Crippen LogP contribution in [0.5, 0.6) is 0 Å². The molecule has 0 aliphatic heterocycles. The molecule has 8 nitrogen and oxygen atoms in total. The molecule has 8 heteroatoms. The molecule has 0 amide bonds.